The molecule has 3 aromatic rings. The SMILES string of the molecule is COC(=O)c1ccc(NC(=O)c2cc(Nc3cccc(F)c3)nc(C)n2)cc1. The summed E-state index contributed by atoms with van der Waals surface area (Å²) >= 11 is 0. The quantitative estimate of drug-likeness (QED) is 0.656. The normalized spacial score (nSPS) is 10.2. The van der Waals surface area contributed by atoms with Gasteiger partial charge < -0.3 is 15.4 Å². The van der Waals surface area contributed by atoms with Crippen LogP contribution in [0.4, 0.5) is 21.6 Å². The van der Waals surface area contributed by atoms with Crippen molar-refractivity contribution in [1.29, 1.82) is 0 Å². The van der Waals surface area contributed by atoms with Gasteiger partial charge in [-0.1, -0.05) is 6.07 Å². The number of amides is 1. The molecule has 0 fully saturated rings. The number of aromatic nitrogens is 2. The molecule has 1 amide bonds. The molecule has 2 N–H and O–H groups in total. The minimum atomic E-state index is -0.461. The number of rotatable bonds is 5. The molecule has 7 nitrogen and oxygen atoms in total. The van der Waals surface area contributed by atoms with E-state index in [0.717, 1.165) is 0 Å². The minimum absolute atomic E-state index is 0.142. The van der Waals surface area contributed by atoms with Gasteiger partial charge in [-0.05, 0) is 49.4 Å². The lowest BCUT2D eigenvalue weighted by Crippen LogP contribution is -2.15. The third-order valence-corrected chi connectivity index (χ3v) is 3.73. The van der Waals surface area contributed by atoms with Crippen LogP contribution in [0.3, 0.4) is 0 Å². The van der Waals surface area contributed by atoms with Gasteiger partial charge in [-0.2, -0.15) is 0 Å². The molecule has 142 valence electrons. The number of nitrogens with one attached hydrogen (secondary N) is 2. The van der Waals surface area contributed by atoms with Crippen molar-refractivity contribution >= 4 is 29.1 Å². The van der Waals surface area contributed by atoms with Crippen molar-refractivity contribution in [1.82, 2.24) is 9.97 Å². The van der Waals surface area contributed by atoms with Crippen LogP contribution < -0.4 is 10.6 Å². The van der Waals surface area contributed by atoms with E-state index < -0.39 is 11.9 Å². The first-order valence-corrected chi connectivity index (χ1v) is 8.32. The Morgan fingerprint density at radius 2 is 1.75 bits per heavy atom. The molecule has 0 bridgehead atoms. The van der Waals surface area contributed by atoms with Crippen molar-refractivity contribution < 1.29 is 18.7 Å². The van der Waals surface area contributed by atoms with Crippen LogP contribution in [0.1, 0.15) is 26.7 Å². The summed E-state index contributed by atoms with van der Waals surface area (Å²) in [4.78, 5) is 32.3. The van der Waals surface area contributed by atoms with Gasteiger partial charge in [0.1, 0.15) is 23.2 Å². The molecule has 0 atom stereocenters. The highest BCUT2D eigenvalue weighted by atomic mass is 19.1. The van der Waals surface area contributed by atoms with Crippen LogP contribution in [-0.2, 0) is 4.74 Å². The molecule has 0 radical (unpaired) electrons. The fourth-order valence-electron chi connectivity index (χ4n) is 2.46. The van der Waals surface area contributed by atoms with Gasteiger partial charge in [0, 0.05) is 17.4 Å². The number of carbonyl (C=O) groups excluding carboxylic acids is 2. The zero-order valence-electron chi connectivity index (χ0n) is 15.2. The zero-order chi connectivity index (χ0) is 20.1. The van der Waals surface area contributed by atoms with Gasteiger partial charge in [0.25, 0.3) is 5.91 Å². The first-order chi connectivity index (χ1) is 13.4. The van der Waals surface area contributed by atoms with E-state index in [9.17, 15) is 14.0 Å². The molecular formula is C20H17FN4O3. The van der Waals surface area contributed by atoms with E-state index in [4.69, 9.17) is 0 Å². The van der Waals surface area contributed by atoms with Gasteiger partial charge in [-0.15, -0.1) is 0 Å². The smallest absolute Gasteiger partial charge is 0.337 e. The van der Waals surface area contributed by atoms with Crippen LogP contribution in [0.15, 0.2) is 54.6 Å². The largest absolute Gasteiger partial charge is 0.465 e. The Labute approximate surface area is 160 Å². The second-order valence-electron chi connectivity index (χ2n) is 5.84. The van der Waals surface area contributed by atoms with Crippen LogP contribution in [-0.4, -0.2) is 29.0 Å². The minimum Gasteiger partial charge on any atom is -0.465 e. The first-order valence-electron chi connectivity index (χ1n) is 8.32. The Balaban J connectivity index is 1.76. The number of hydrogen-bond acceptors (Lipinski definition) is 6. The van der Waals surface area contributed by atoms with Crippen LogP contribution in [0, 0.1) is 12.7 Å². The van der Waals surface area contributed by atoms with Crippen LogP contribution in [0.5, 0.6) is 0 Å². The molecule has 0 aliphatic carbocycles. The second-order valence-corrected chi connectivity index (χ2v) is 5.84. The van der Waals surface area contributed by atoms with E-state index in [-0.39, 0.29) is 11.5 Å². The summed E-state index contributed by atoms with van der Waals surface area (Å²) in [6, 6.07) is 13.6. The molecule has 0 saturated carbocycles. The monoisotopic (exact) mass is 380 g/mol. The average molecular weight is 380 g/mol. The fraction of sp³-hybridized carbons (Fsp3) is 0.100. The van der Waals surface area contributed by atoms with Crippen LogP contribution in [0.2, 0.25) is 0 Å². The van der Waals surface area contributed by atoms with Crippen molar-refractivity contribution in [2.45, 2.75) is 6.92 Å². The van der Waals surface area contributed by atoms with E-state index >= 15 is 0 Å². The van der Waals surface area contributed by atoms with E-state index in [1.165, 1.54) is 25.3 Å². The standard InChI is InChI=1S/C20H17FN4O3/c1-12-22-17(11-18(23-12)24-16-5-3-4-14(21)10-16)19(26)25-15-8-6-13(7-9-15)20(27)28-2/h3-11H,1-2H3,(H,25,26)(H,22,23,24). The molecule has 28 heavy (non-hydrogen) atoms. The fourth-order valence-corrected chi connectivity index (χ4v) is 2.46. The number of anilines is 3. The molecule has 8 heteroatoms. The van der Waals surface area contributed by atoms with Gasteiger partial charge >= 0.3 is 5.97 Å². The van der Waals surface area contributed by atoms with Crippen molar-refractivity contribution in [2.24, 2.45) is 0 Å². The van der Waals surface area contributed by atoms with Gasteiger partial charge in [0.05, 0.1) is 12.7 Å². The van der Waals surface area contributed by atoms with E-state index in [1.54, 1.807) is 43.3 Å². The molecule has 3 rings (SSSR count). The summed E-state index contributed by atoms with van der Waals surface area (Å²) in [6.45, 7) is 1.65. The van der Waals surface area contributed by atoms with Crippen molar-refractivity contribution in [3.8, 4) is 0 Å². The Bertz CT molecular complexity index is 1020. The van der Waals surface area contributed by atoms with E-state index in [2.05, 4.69) is 25.3 Å². The molecule has 0 aliphatic rings. The first kappa shape index (κ1) is 19.0. The lowest BCUT2D eigenvalue weighted by Gasteiger charge is -2.09. The number of halogens is 1. The third-order valence-electron chi connectivity index (χ3n) is 3.73. The third kappa shape index (κ3) is 4.67. The van der Waals surface area contributed by atoms with Crippen LogP contribution in [0.25, 0.3) is 0 Å². The lowest BCUT2D eigenvalue weighted by molar-refractivity contribution is 0.0600. The van der Waals surface area contributed by atoms with Gasteiger partial charge in [-0.25, -0.2) is 19.2 Å². The molecule has 1 aromatic heterocycles. The Morgan fingerprint density at radius 1 is 1.00 bits per heavy atom. The highest BCUT2D eigenvalue weighted by Crippen LogP contribution is 2.17. The van der Waals surface area contributed by atoms with Crippen molar-refractivity contribution in [3.05, 3.63) is 77.5 Å². The number of esters is 1. The number of aryl methyl sites for hydroxylation is 1. The highest BCUT2D eigenvalue weighted by molar-refractivity contribution is 6.03. The predicted molar refractivity (Wildman–Crippen MR) is 102 cm³/mol. The maximum Gasteiger partial charge on any atom is 0.337 e. The number of hydrogen-bond donors (Lipinski definition) is 2. The summed E-state index contributed by atoms with van der Waals surface area (Å²) in [5, 5.41) is 5.65. The van der Waals surface area contributed by atoms with Gasteiger partial charge in [0.2, 0.25) is 0 Å². The molecule has 0 spiro atoms. The average Bonchev–Trinajstić information content (AvgIpc) is 2.67. The topological polar surface area (TPSA) is 93.2 Å². The predicted octanol–water partition coefficient (Wildman–Crippen LogP) is 3.71. The molecule has 1 heterocycles. The Hall–Kier alpha value is -3.81. The van der Waals surface area contributed by atoms with Gasteiger partial charge in [0.15, 0.2) is 0 Å². The molecule has 0 saturated heterocycles. The molecule has 2 aromatic carbocycles. The van der Waals surface area contributed by atoms with E-state index in [1.807, 2.05) is 0 Å². The summed E-state index contributed by atoms with van der Waals surface area (Å²) in [5.41, 5.74) is 1.51. The molecule has 0 aliphatic heterocycles. The lowest BCUT2D eigenvalue weighted by atomic mass is 10.2. The molecular weight excluding hydrogens is 363 g/mol. The number of benzene rings is 2. The molecule has 0 unspecified atom stereocenters. The highest BCUT2D eigenvalue weighted by Gasteiger charge is 2.12. The maximum atomic E-state index is 13.3. The number of methoxy groups -OCH3 is 1. The van der Waals surface area contributed by atoms with Crippen molar-refractivity contribution in [3.63, 3.8) is 0 Å². The second kappa shape index (κ2) is 8.26. The van der Waals surface area contributed by atoms with E-state index in [0.29, 0.717) is 28.6 Å². The zero-order valence-corrected chi connectivity index (χ0v) is 15.2. The Kier molecular flexibility index (Phi) is 5.59. The number of nitrogens with zero attached hydrogens (tertiary/aromatic N) is 2. The van der Waals surface area contributed by atoms with Crippen molar-refractivity contribution in [2.75, 3.05) is 17.7 Å². The summed E-state index contributed by atoms with van der Waals surface area (Å²) in [6.07, 6.45) is 0. The summed E-state index contributed by atoms with van der Waals surface area (Å²) < 4.78 is 18.0. The number of ether oxygens (including phenoxy) is 1. The van der Waals surface area contributed by atoms with Gasteiger partial charge in [-0.3, -0.25) is 4.79 Å². The number of carbonyl (C=O) groups is 2. The van der Waals surface area contributed by atoms with Crippen LogP contribution >= 0.6 is 0 Å². The Morgan fingerprint density at radius 3 is 2.43 bits per heavy atom. The summed E-state index contributed by atoms with van der Waals surface area (Å²) in [7, 11) is 1.30. The maximum absolute atomic E-state index is 13.3. The summed E-state index contributed by atoms with van der Waals surface area (Å²) in [5.74, 6) is -0.544.